The lowest BCUT2D eigenvalue weighted by Gasteiger charge is -2.19. The maximum absolute atomic E-state index is 12.8. The molecule has 2 rings (SSSR count). The van der Waals surface area contributed by atoms with Crippen molar-refractivity contribution < 1.29 is 14.2 Å². The number of rotatable bonds is 7. The Morgan fingerprint density at radius 3 is 2.43 bits per heavy atom. The van der Waals surface area contributed by atoms with E-state index in [0.29, 0.717) is 18.0 Å². The van der Waals surface area contributed by atoms with Gasteiger partial charge in [0.2, 0.25) is 5.75 Å². The quantitative estimate of drug-likeness (QED) is 0.782. The number of hydrogen-bond acceptors (Lipinski definition) is 4. The molecule has 0 aliphatic heterocycles. The Bertz CT molecular complexity index is 734. The van der Waals surface area contributed by atoms with Gasteiger partial charge in [0.1, 0.15) is 5.75 Å². The fourth-order valence-corrected chi connectivity index (χ4v) is 2.58. The standard InChI is InChI=1S/C18H25NO4/c1-6-7-10-19-15-11-13(21-4)8-9-14(15)16(23-12(2)3)17(22-5)18(19)20/h8-9,11-12H,6-7,10H2,1-5H3. The molecule has 5 heteroatoms. The highest BCUT2D eigenvalue weighted by Crippen LogP contribution is 2.35. The van der Waals surface area contributed by atoms with Gasteiger partial charge in [-0.15, -0.1) is 0 Å². The van der Waals surface area contributed by atoms with Crippen molar-refractivity contribution in [3.63, 3.8) is 0 Å². The van der Waals surface area contributed by atoms with E-state index >= 15 is 0 Å². The maximum Gasteiger partial charge on any atom is 0.297 e. The Balaban J connectivity index is 2.81. The summed E-state index contributed by atoms with van der Waals surface area (Å²) in [5, 5.41) is 0.854. The molecule has 0 saturated heterocycles. The highest BCUT2D eigenvalue weighted by atomic mass is 16.5. The molecule has 0 bridgehead atoms. The van der Waals surface area contributed by atoms with Crippen molar-refractivity contribution in [1.29, 1.82) is 0 Å². The largest absolute Gasteiger partial charge is 0.497 e. The Labute approximate surface area is 136 Å². The van der Waals surface area contributed by atoms with Crippen LogP contribution in [0.25, 0.3) is 10.9 Å². The summed E-state index contributed by atoms with van der Waals surface area (Å²) in [6.45, 7) is 6.59. The Morgan fingerprint density at radius 2 is 1.87 bits per heavy atom. The molecular formula is C18H25NO4. The highest BCUT2D eigenvalue weighted by Gasteiger charge is 2.20. The molecule has 1 heterocycles. The summed E-state index contributed by atoms with van der Waals surface area (Å²) in [7, 11) is 3.12. The van der Waals surface area contributed by atoms with Crippen LogP contribution in [-0.2, 0) is 6.54 Å². The van der Waals surface area contributed by atoms with E-state index in [4.69, 9.17) is 14.2 Å². The second-order valence-corrected chi connectivity index (χ2v) is 5.72. The van der Waals surface area contributed by atoms with Crippen molar-refractivity contribution >= 4 is 10.9 Å². The lowest BCUT2D eigenvalue weighted by molar-refractivity contribution is 0.231. The van der Waals surface area contributed by atoms with Gasteiger partial charge in [-0.1, -0.05) is 13.3 Å². The third-order valence-corrected chi connectivity index (χ3v) is 3.68. The zero-order valence-electron chi connectivity index (χ0n) is 14.5. The summed E-state index contributed by atoms with van der Waals surface area (Å²) < 4.78 is 18.3. The molecule has 0 saturated carbocycles. The molecule has 0 unspecified atom stereocenters. The number of ether oxygens (including phenoxy) is 3. The number of pyridine rings is 1. The first kappa shape index (κ1) is 17.2. The van der Waals surface area contributed by atoms with Crippen LogP contribution in [0.3, 0.4) is 0 Å². The minimum atomic E-state index is -0.169. The molecule has 0 fully saturated rings. The minimum Gasteiger partial charge on any atom is -0.497 e. The van der Waals surface area contributed by atoms with Gasteiger partial charge in [-0.25, -0.2) is 0 Å². The van der Waals surface area contributed by atoms with Gasteiger partial charge in [0.15, 0.2) is 5.75 Å². The number of benzene rings is 1. The average molecular weight is 319 g/mol. The van der Waals surface area contributed by atoms with Crippen LogP contribution in [0.2, 0.25) is 0 Å². The van der Waals surface area contributed by atoms with Crippen molar-refractivity contribution in [1.82, 2.24) is 4.57 Å². The summed E-state index contributed by atoms with van der Waals surface area (Å²) in [4.78, 5) is 12.8. The third kappa shape index (κ3) is 3.44. The van der Waals surface area contributed by atoms with E-state index < -0.39 is 0 Å². The molecule has 1 aromatic carbocycles. The zero-order valence-corrected chi connectivity index (χ0v) is 14.5. The molecule has 5 nitrogen and oxygen atoms in total. The number of aryl methyl sites for hydroxylation is 1. The summed E-state index contributed by atoms with van der Waals surface area (Å²) >= 11 is 0. The molecule has 23 heavy (non-hydrogen) atoms. The number of nitrogens with zero attached hydrogens (tertiary/aromatic N) is 1. The van der Waals surface area contributed by atoms with Crippen molar-refractivity contribution in [3.05, 3.63) is 28.6 Å². The van der Waals surface area contributed by atoms with E-state index in [1.165, 1.54) is 7.11 Å². The van der Waals surface area contributed by atoms with Gasteiger partial charge >= 0.3 is 0 Å². The number of unbranched alkanes of at least 4 members (excludes halogenated alkanes) is 1. The van der Waals surface area contributed by atoms with Crippen molar-refractivity contribution in [2.24, 2.45) is 0 Å². The molecule has 0 aliphatic rings. The highest BCUT2D eigenvalue weighted by molar-refractivity contribution is 5.89. The van der Waals surface area contributed by atoms with Crippen LogP contribution in [0, 0.1) is 0 Å². The first-order chi connectivity index (χ1) is 11.0. The summed E-state index contributed by atoms with van der Waals surface area (Å²) in [5.74, 6) is 1.47. The van der Waals surface area contributed by atoms with Crippen LogP contribution in [0.4, 0.5) is 0 Å². The normalized spacial score (nSPS) is 11.0. The van der Waals surface area contributed by atoms with Crippen LogP contribution in [0.1, 0.15) is 33.6 Å². The monoisotopic (exact) mass is 319 g/mol. The Kier molecular flexibility index (Phi) is 5.53. The van der Waals surface area contributed by atoms with Gasteiger partial charge < -0.3 is 18.8 Å². The number of fused-ring (bicyclic) bond motifs is 1. The van der Waals surface area contributed by atoms with Crippen LogP contribution >= 0.6 is 0 Å². The molecule has 1 aromatic heterocycles. The van der Waals surface area contributed by atoms with Crippen molar-refractivity contribution in [2.45, 2.75) is 46.3 Å². The first-order valence-electron chi connectivity index (χ1n) is 7.98. The van der Waals surface area contributed by atoms with Gasteiger partial charge in [0.25, 0.3) is 5.56 Å². The molecule has 0 atom stereocenters. The van der Waals surface area contributed by atoms with Gasteiger partial charge in [-0.05, 0) is 32.4 Å². The number of methoxy groups -OCH3 is 2. The van der Waals surface area contributed by atoms with Gasteiger partial charge in [0, 0.05) is 18.0 Å². The second kappa shape index (κ2) is 7.40. The summed E-state index contributed by atoms with van der Waals surface area (Å²) in [6.07, 6.45) is 1.87. The van der Waals surface area contributed by atoms with Crippen molar-refractivity contribution in [2.75, 3.05) is 14.2 Å². The molecule has 126 valence electrons. The van der Waals surface area contributed by atoms with Crippen LogP contribution in [-0.4, -0.2) is 24.9 Å². The van der Waals surface area contributed by atoms with E-state index in [-0.39, 0.29) is 17.4 Å². The topological polar surface area (TPSA) is 49.7 Å². The van der Waals surface area contributed by atoms with Gasteiger partial charge in [0.05, 0.1) is 25.8 Å². The average Bonchev–Trinajstić information content (AvgIpc) is 2.54. The SMILES string of the molecule is CCCCn1c(=O)c(OC)c(OC(C)C)c2ccc(OC)cc21. The Morgan fingerprint density at radius 1 is 1.13 bits per heavy atom. The van der Waals surface area contributed by atoms with Gasteiger partial charge in [-0.3, -0.25) is 4.79 Å². The predicted octanol–water partition coefficient (Wildman–Crippen LogP) is 3.61. The summed E-state index contributed by atoms with van der Waals surface area (Å²) in [6, 6.07) is 5.65. The molecule has 0 amide bonds. The minimum absolute atomic E-state index is 0.0555. The predicted molar refractivity (Wildman–Crippen MR) is 92.0 cm³/mol. The zero-order chi connectivity index (χ0) is 17.0. The van der Waals surface area contributed by atoms with Crippen LogP contribution in [0.5, 0.6) is 17.2 Å². The van der Waals surface area contributed by atoms with Crippen LogP contribution in [0.15, 0.2) is 23.0 Å². The van der Waals surface area contributed by atoms with E-state index in [2.05, 4.69) is 6.92 Å². The van der Waals surface area contributed by atoms with E-state index in [0.717, 1.165) is 23.7 Å². The number of hydrogen-bond donors (Lipinski definition) is 0. The first-order valence-corrected chi connectivity index (χ1v) is 7.98. The molecule has 0 spiro atoms. The fourth-order valence-electron chi connectivity index (χ4n) is 2.58. The van der Waals surface area contributed by atoms with E-state index in [1.54, 1.807) is 11.7 Å². The Hall–Kier alpha value is -2.17. The van der Waals surface area contributed by atoms with Gasteiger partial charge in [-0.2, -0.15) is 0 Å². The van der Waals surface area contributed by atoms with Crippen molar-refractivity contribution in [3.8, 4) is 17.2 Å². The summed E-state index contributed by atoms with van der Waals surface area (Å²) in [5.41, 5.74) is 0.636. The number of aromatic nitrogens is 1. The lowest BCUT2D eigenvalue weighted by atomic mass is 10.1. The maximum atomic E-state index is 12.8. The smallest absolute Gasteiger partial charge is 0.297 e. The van der Waals surface area contributed by atoms with E-state index in [9.17, 15) is 4.79 Å². The fraction of sp³-hybridized carbons (Fsp3) is 0.500. The third-order valence-electron chi connectivity index (χ3n) is 3.68. The lowest BCUT2D eigenvalue weighted by Crippen LogP contribution is -2.24. The molecule has 0 N–H and O–H groups in total. The molecule has 2 aromatic rings. The molecule has 0 radical (unpaired) electrons. The molecule has 0 aliphatic carbocycles. The second-order valence-electron chi connectivity index (χ2n) is 5.72. The van der Waals surface area contributed by atoms with E-state index in [1.807, 2.05) is 32.0 Å². The molecular weight excluding hydrogens is 294 g/mol. The van der Waals surface area contributed by atoms with Crippen LogP contribution < -0.4 is 19.8 Å².